The van der Waals surface area contributed by atoms with Crippen LogP contribution in [0.15, 0.2) is 30.3 Å². The van der Waals surface area contributed by atoms with E-state index in [0.29, 0.717) is 13.2 Å². The Bertz CT molecular complexity index is 482. The molecule has 0 bridgehead atoms. The number of carbonyl (C=O) groups is 1. The minimum atomic E-state index is -0.486. The van der Waals surface area contributed by atoms with Crippen molar-refractivity contribution in [1.82, 2.24) is 5.32 Å². The minimum absolute atomic E-state index is 0.0141. The van der Waals surface area contributed by atoms with Gasteiger partial charge in [-0.25, -0.2) is 4.79 Å². The number of ether oxygens (including phenoxy) is 2. The SMILES string of the molecule is CCCCCCCC[C@H](COCc1ccccc1)NC(=O)OC(C)(C)C. The van der Waals surface area contributed by atoms with Gasteiger partial charge in [0.15, 0.2) is 0 Å². The van der Waals surface area contributed by atoms with Crippen molar-refractivity contribution in [1.29, 1.82) is 0 Å². The van der Waals surface area contributed by atoms with Crippen LogP contribution in [0.5, 0.6) is 0 Å². The van der Waals surface area contributed by atoms with E-state index in [2.05, 4.69) is 12.2 Å². The summed E-state index contributed by atoms with van der Waals surface area (Å²) in [5.74, 6) is 0. The topological polar surface area (TPSA) is 47.6 Å². The van der Waals surface area contributed by atoms with E-state index in [1.165, 1.54) is 32.1 Å². The summed E-state index contributed by atoms with van der Waals surface area (Å²) >= 11 is 0. The van der Waals surface area contributed by atoms with Gasteiger partial charge in [-0.2, -0.15) is 0 Å². The largest absolute Gasteiger partial charge is 0.444 e. The molecule has 0 unspecified atom stereocenters. The highest BCUT2D eigenvalue weighted by atomic mass is 16.6. The number of amides is 1. The summed E-state index contributed by atoms with van der Waals surface area (Å²) in [5, 5.41) is 2.98. The monoisotopic (exact) mass is 363 g/mol. The lowest BCUT2D eigenvalue weighted by molar-refractivity contribution is 0.0420. The summed E-state index contributed by atoms with van der Waals surface area (Å²) in [6.07, 6.45) is 7.97. The van der Waals surface area contributed by atoms with E-state index in [-0.39, 0.29) is 12.1 Å². The molecule has 0 fully saturated rings. The summed E-state index contributed by atoms with van der Waals surface area (Å²) in [6, 6.07) is 10.1. The molecule has 26 heavy (non-hydrogen) atoms. The van der Waals surface area contributed by atoms with Crippen molar-refractivity contribution >= 4 is 6.09 Å². The second-order valence-electron chi connectivity index (χ2n) is 7.90. The molecule has 1 aromatic rings. The molecule has 0 saturated carbocycles. The third-order valence-corrected chi connectivity index (χ3v) is 4.06. The Hall–Kier alpha value is -1.55. The molecule has 1 amide bonds. The Kier molecular flexibility index (Phi) is 11.0. The van der Waals surface area contributed by atoms with Crippen molar-refractivity contribution in [2.24, 2.45) is 0 Å². The van der Waals surface area contributed by atoms with Crippen molar-refractivity contribution < 1.29 is 14.3 Å². The van der Waals surface area contributed by atoms with Crippen LogP contribution in [0.1, 0.15) is 78.2 Å². The molecule has 4 heteroatoms. The number of benzene rings is 1. The predicted octanol–water partition coefficient (Wildman–Crippen LogP) is 5.85. The molecule has 148 valence electrons. The Morgan fingerprint density at radius 2 is 1.69 bits per heavy atom. The summed E-state index contributed by atoms with van der Waals surface area (Å²) in [6.45, 7) is 8.92. The van der Waals surface area contributed by atoms with Crippen LogP contribution in [0.25, 0.3) is 0 Å². The highest BCUT2D eigenvalue weighted by molar-refractivity contribution is 5.68. The first-order valence-electron chi connectivity index (χ1n) is 10.0. The van der Waals surface area contributed by atoms with E-state index in [9.17, 15) is 4.79 Å². The minimum Gasteiger partial charge on any atom is -0.444 e. The molecule has 1 aromatic carbocycles. The second-order valence-corrected chi connectivity index (χ2v) is 7.90. The molecule has 0 aliphatic rings. The molecule has 0 aliphatic carbocycles. The van der Waals surface area contributed by atoms with Crippen molar-refractivity contribution in [2.75, 3.05) is 6.61 Å². The van der Waals surface area contributed by atoms with Crippen molar-refractivity contribution in [2.45, 2.75) is 90.9 Å². The van der Waals surface area contributed by atoms with Crippen LogP contribution < -0.4 is 5.32 Å². The Morgan fingerprint density at radius 3 is 2.35 bits per heavy atom. The fourth-order valence-corrected chi connectivity index (χ4v) is 2.74. The lowest BCUT2D eigenvalue weighted by atomic mass is 10.1. The molecule has 0 aliphatic heterocycles. The number of nitrogens with one attached hydrogen (secondary N) is 1. The average Bonchev–Trinajstić information content (AvgIpc) is 2.57. The van der Waals surface area contributed by atoms with Gasteiger partial charge in [0.05, 0.1) is 19.3 Å². The number of unbranched alkanes of at least 4 members (excludes halogenated alkanes) is 5. The quantitative estimate of drug-likeness (QED) is 0.474. The van der Waals surface area contributed by atoms with Gasteiger partial charge in [0, 0.05) is 0 Å². The fraction of sp³-hybridized carbons (Fsp3) is 0.682. The highest BCUT2D eigenvalue weighted by Gasteiger charge is 2.19. The average molecular weight is 364 g/mol. The molecule has 1 atom stereocenters. The first-order chi connectivity index (χ1) is 12.4. The van der Waals surface area contributed by atoms with Gasteiger partial charge in [-0.1, -0.05) is 75.8 Å². The zero-order valence-electron chi connectivity index (χ0n) is 17.1. The van der Waals surface area contributed by atoms with Crippen LogP contribution in [0, 0.1) is 0 Å². The molecule has 0 radical (unpaired) electrons. The molecule has 1 rings (SSSR count). The van der Waals surface area contributed by atoms with Crippen LogP contribution in [0.3, 0.4) is 0 Å². The molecule has 4 nitrogen and oxygen atoms in total. The fourth-order valence-electron chi connectivity index (χ4n) is 2.74. The third-order valence-electron chi connectivity index (χ3n) is 4.06. The van der Waals surface area contributed by atoms with E-state index in [0.717, 1.165) is 18.4 Å². The third kappa shape index (κ3) is 11.9. The predicted molar refractivity (Wildman–Crippen MR) is 107 cm³/mol. The van der Waals surface area contributed by atoms with Crippen LogP contribution in [-0.4, -0.2) is 24.3 Å². The summed E-state index contributed by atoms with van der Waals surface area (Å²) < 4.78 is 11.2. The smallest absolute Gasteiger partial charge is 0.407 e. The summed E-state index contributed by atoms with van der Waals surface area (Å²) in [7, 11) is 0. The molecular formula is C22H37NO3. The Labute approximate surface area is 159 Å². The van der Waals surface area contributed by atoms with Crippen molar-refractivity contribution in [3.05, 3.63) is 35.9 Å². The van der Waals surface area contributed by atoms with Crippen molar-refractivity contribution in [3.8, 4) is 0 Å². The Morgan fingerprint density at radius 1 is 1.04 bits per heavy atom. The van der Waals surface area contributed by atoms with E-state index in [1.54, 1.807) is 0 Å². The van der Waals surface area contributed by atoms with Gasteiger partial charge in [-0.05, 0) is 32.8 Å². The molecular weight excluding hydrogens is 326 g/mol. The van der Waals surface area contributed by atoms with Crippen LogP contribution >= 0.6 is 0 Å². The van der Waals surface area contributed by atoms with E-state index >= 15 is 0 Å². The van der Waals surface area contributed by atoms with Crippen LogP contribution in [0.4, 0.5) is 4.79 Å². The normalized spacial score (nSPS) is 12.6. The van der Waals surface area contributed by atoms with Gasteiger partial charge < -0.3 is 14.8 Å². The molecule has 0 aromatic heterocycles. The standard InChI is InChI=1S/C22H37NO3/c1-5-6-7-8-9-13-16-20(23-21(24)26-22(2,3)4)18-25-17-19-14-11-10-12-15-19/h10-12,14-15,20H,5-9,13,16-18H2,1-4H3,(H,23,24)/t20-/m1/s1. The lowest BCUT2D eigenvalue weighted by Gasteiger charge is -2.23. The molecule has 0 saturated heterocycles. The van der Waals surface area contributed by atoms with Gasteiger partial charge >= 0.3 is 6.09 Å². The zero-order chi connectivity index (χ0) is 19.3. The van der Waals surface area contributed by atoms with Crippen LogP contribution in [-0.2, 0) is 16.1 Å². The second kappa shape index (κ2) is 12.7. The lowest BCUT2D eigenvalue weighted by Crippen LogP contribution is -2.41. The van der Waals surface area contributed by atoms with Gasteiger partial charge in [-0.3, -0.25) is 0 Å². The highest BCUT2D eigenvalue weighted by Crippen LogP contribution is 2.12. The Balaban J connectivity index is 2.39. The molecule has 0 heterocycles. The maximum absolute atomic E-state index is 12.1. The van der Waals surface area contributed by atoms with Crippen molar-refractivity contribution in [3.63, 3.8) is 0 Å². The number of rotatable bonds is 12. The number of hydrogen-bond donors (Lipinski definition) is 1. The van der Waals surface area contributed by atoms with Gasteiger partial charge in [0.2, 0.25) is 0 Å². The maximum atomic E-state index is 12.1. The summed E-state index contributed by atoms with van der Waals surface area (Å²) in [5.41, 5.74) is 0.655. The van der Waals surface area contributed by atoms with E-state index in [1.807, 2.05) is 51.1 Å². The van der Waals surface area contributed by atoms with E-state index in [4.69, 9.17) is 9.47 Å². The number of hydrogen-bond acceptors (Lipinski definition) is 3. The number of carbonyl (C=O) groups excluding carboxylic acids is 1. The first-order valence-corrected chi connectivity index (χ1v) is 10.0. The van der Waals surface area contributed by atoms with Gasteiger partial charge in [0.1, 0.15) is 5.60 Å². The molecule has 1 N–H and O–H groups in total. The number of alkyl carbamates (subject to hydrolysis) is 1. The van der Waals surface area contributed by atoms with Gasteiger partial charge in [0.25, 0.3) is 0 Å². The summed E-state index contributed by atoms with van der Waals surface area (Å²) in [4.78, 5) is 12.1. The van der Waals surface area contributed by atoms with E-state index < -0.39 is 5.60 Å². The maximum Gasteiger partial charge on any atom is 0.407 e. The molecule has 0 spiro atoms. The first kappa shape index (κ1) is 22.5. The van der Waals surface area contributed by atoms with Crippen LogP contribution in [0.2, 0.25) is 0 Å². The van der Waals surface area contributed by atoms with Gasteiger partial charge in [-0.15, -0.1) is 0 Å². The zero-order valence-corrected chi connectivity index (χ0v) is 17.1.